The molecular formula is C25H25NO. The highest BCUT2D eigenvalue weighted by atomic mass is 16.3. The van der Waals surface area contributed by atoms with E-state index >= 15 is 0 Å². The van der Waals surface area contributed by atoms with Gasteiger partial charge in [-0.25, -0.2) is 0 Å². The highest BCUT2D eigenvalue weighted by Gasteiger charge is 2.33. The molecule has 0 aliphatic heterocycles. The van der Waals surface area contributed by atoms with E-state index in [2.05, 4.69) is 79.5 Å². The van der Waals surface area contributed by atoms with Gasteiger partial charge in [-0.2, -0.15) is 0 Å². The van der Waals surface area contributed by atoms with Crippen molar-refractivity contribution in [3.63, 3.8) is 0 Å². The maximum Gasteiger partial charge on any atom is 0.159 e. The van der Waals surface area contributed by atoms with Crippen molar-refractivity contribution in [3.05, 3.63) is 72.3 Å². The third kappa shape index (κ3) is 2.55. The number of para-hydroxylation sites is 3. The van der Waals surface area contributed by atoms with Crippen molar-refractivity contribution >= 4 is 33.3 Å². The minimum Gasteiger partial charge on any atom is -0.454 e. The van der Waals surface area contributed by atoms with Gasteiger partial charge in [0.25, 0.3) is 0 Å². The molecule has 4 aromatic rings. The van der Waals surface area contributed by atoms with Crippen molar-refractivity contribution in [2.45, 2.75) is 38.0 Å². The predicted molar refractivity (Wildman–Crippen MR) is 114 cm³/mol. The molecule has 0 saturated heterocycles. The van der Waals surface area contributed by atoms with E-state index in [1.807, 2.05) is 6.07 Å². The topological polar surface area (TPSA) is 16.4 Å². The summed E-state index contributed by atoms with van der Waals surface area (Å²) in [5, 5.41) is 2.44. The first kappa shape index (κ1) is 16.4. The summed E-state index contributed by atoms with van der Waals surface area (Å²) in [4.78, 5) is 2.21. The lowest BCUT2D eigenvalue weighted by molar-refractivity contribution is 0.486. The van der Waals surface area contributed by atoms with E-state index in [0.29, 0.717) is 0 Å². The first-order valence-corrected chi connectivity index (χ1v) is 9.91. The van der Waals surface area contributed by atoms with Gasteiger partial charge >= 0.3 is 0 Å². The van der Waals surface area contributed by atoms with E-state index in [4.69, 9.17) is 4.42 Å². The minimum atomic E-state index is 0.235. The van der Waals surface area contributed by atoms with Gasteiger partial charge in [0, 0.05) is 29.1 Å². The summed E-state index contributed by atoms with van der Waals surface area (Å²) in [5.74, 6) is 0. The molecule has 0 N–H and O–H groups in total. The molecule has 136 valence electrons. The van der Waals surface area contributed by atoms with Crippen LogP contribution in [0.25, 0.3) is 21.9 Å². The fourth-order valence-corrected chi connectivity index (χ4v) is 4.76. The fraction of sp³-hybridized carbons (Fsp3) is 0.280. The Morgan fingerprint density at radius 3 is 2.19 bits per heavy atom. The van der Waals surface area contributed by atoms with Crippen LogP contribution in [0.5, 0.6) is 0 Å². The molecule has 0 amide bonds. The number of rotatable bonds is 3. The number of furan rings is 1. The Labute approximate surface area is 160 Å². The van der Waals surface area contributed by atoms with Crippen LogP contribution in [-0.2, 0) is 5.41 Å². The number of fused-ring (bicyclic) bond motifs is 3. The number of hydrogen-bond acceptors (Lipinski definition) is 2. The molecule has 0 radical (unpaired) electrons. The van der Waals surface area contributed by atoms with E-state index in [-0.39, 0.29) is 5.41 Å². The zero-order chi connectivity index (χ0) is 18.4. The Bertz CT molecular complexity index is 1100. The summed E-state index contributed by atoms with van der Waals surface area (Å²) in [6, 6.07) is 23.6. The average Bonchev–Trinajstić information content (AvgIpc) is 3.32. The minimum absolute atomic E-state index is 0.235. The van der Waals surface area contributed by atoms with Crippen molar-refractivity contribution in [1.82, 2.24) is 0 Å². The second-order valence-electron chi connectivity index (χ2n) is 8.10. The summed E-state index contributed by atoms with van der Waals surface area (Å²) in [6.45, 7) is 2.40. The van der Waals surface area contributed by atoms with E-state index in [1.54, 1.807) is 0 Å². The molecule has 5 rings (SSSR count). The van der Waals surface area contributed by atoms with Crippen LogP contribution in [0.4, 0.5) is 11.4 Å². The first-order valence-electron chi connectivity index (χ1n) is 9.91. The maximum absolute atomic E-state index is 6.59. The zero-order valence-corrected chi connectivity index (χ0v) is 16.0. The van der Waals surface area contributed by atoms with Crippen LogP contribution in [0.3, 0.4) is 0 Å². The van der Waals surface area contributed by atoms with Gasteiger partial charge in [0.2, 0.25) is 0 Å². The quantitative estimate of drug-likeness (QED) is 0.387. The van der Waals surface area contributed by atoms with Gasteiger partial charge in [0.1, 0.15) is 5.58 Å². The molecule has 1 aliphatic carbocycles. The van der Waals surface area contributed by atoms with E-state index in [9.17, 15) is 0 Å². The zero-order valence-electron chi connectivity index (χ0n) is 16.0. The Balaban J connectivity index is 1.74. The molecular weight excluding hydrogens is 330 g/mol. The number of hydrogen-bond donors (Lipinski definition) is 0. The Kier molecular flexibility index (Phi) is 3.75. The van der Waals surface area contributed by atoms with Crippen molar-refractivity contribution in [1.29, 1.82) is 0 Å². The van der Waals surface area contributed by atoms with Gasteiger partial charge in [-0.3, -0.25) is 0 Å². The van der Waals surface area contributed by atoms with Crippen molar-refractivity contribution < 1.29 is 4.42 Å². The summed E-state index contributed by atoms with van der Waals surface area (Å²) in [5.41, 5.74) is 5.94. The predicted octanol–water partition coefficient (Wildman–Crippen LogP) is 7.19. The van der Waals surface area contributed by atoms with Gasteiger partial charge in [-0.15, -0.1) is 0 Å². The Hall–Kier alpha value is -2.74. The Morgan fingerprint density at radius 1 is 0.778 bits per heavy atom. The standard InChI is InChI=1S/C25H25NO/c1-25(16-6-7-17-25)21-14-8-12-19-20-13-9-15-22(24(20)27-23(19)21)26(2)18-10-4-3-5-11-18/h3-5,8-15H,6-7,16-17H2,1-2H3. The molecule has 0 unspecified atom stereocenters. The van der Waals surface area contributed by atoms with E-state index in [0.717, 1.165) is 22.5 Å². The van der Waals surface area contributed by atoms with Crippen LogP contribution in [0.15, 0.2) is 71.1 Å². The van der Waals surface area contributed by atoms with Crippen molar-refractivity contribution in [2.75, 3.05) is 11.9 Å². The molecule has 2 nitrogen and oxygen atoms in total. The molecule has 1 aliphatic rings. The van der Waals surface area contributed by atoms with Crippen LogP contribution < -0.4 is 4.90 Å². The third-order valence-electron chi connectivity index (χ3n) is 6.37. The van der Waals surface area contributed by atoms with Gasteiger partial charge in [-0.05, 0) is 36.5 Å². The molecule has 0 spiro atoms. The van der Waals surface area contributed by atoms with Gasteiger partial charge < -0.3 is 9.32 Å². The summed E-state index contributed by atoms with van der Waals surface area (Å²) in [6.07, 6.45) is 5.13. The van der Waals surface area contributed by atoms with Crippen LogP contribution in [-0.4, -0.2) is 7.05 Å². The molecule has 2 heteroatoms. The molecule has 0 atom stereocenters. The van der Waals surface area contributed by atoms with Crippen molar-refractivity contribution in [2.24, 2.45) is 0 Å². The number of nitrogens with zero attached hydrogens (tertiary/aromatic N) is 1. The number of anilines is 2. The lowest BCUT2D eigenvalue weighted by Gasteiger charge is -2.24. The molecule has 0 bridgehead atoms. The second-order valence-corrected chi connectivity index (χ2v) is 8.10. The average molecular weight is 355 g/mol. The SMILES string of the molecule is CN(c1ccccc1)c1cccc2c1oc1c(C3(C)CCCC3)cccc12. The summed E-state index contributed by atoms with van der Waals surface area (Å²) < 4.78 is 6.59. The highest BCUT2D eigenvalue weighted by molar-refractivity contribution is 6.10. The van der Waals surface area contributed by atoms with Crippen LogP contribution in [0, 0.1) is 0 Å². The van der Waals surface area contributed by atoms with E-state index in [1.165, 1.54) is 42.0 Å². The van der Waals surface area contributed by atoms with Gasteiger partial charge in [-0.1, -0.05) is 68.3 Å². The second kappa shape index (κ2) is 6.16. The smallest absolute Gasteiger partial charge is 0.159 e. The lowest BCUT2D eigenvalue weighted by Crippen LogP contribution is -2.16. The van der Waals surface area contributed by atoms with E-state index < -0.39 is 0 Å². The van der Waals surface area contributed by atoms with Crippen LogP contribution in [0.2, 0.25) is 0 Å². The Morgan fingerprint density at radius 2 is 1.44 bits per heavy atom. The first-order chi connectivity index (χ1) is 13.2. The normalized spacial score (nSPS) is 16.2. The number of benzene rings is 3. The van der Waals surface area contributed by atoms with Crippen molar-refractivity contribution in [3.8, 4) is 0 Å². The molecule has 1 fully saturated rings. The molecule has 27 heavy (non-hydrogen) atoms. The monoisotopic (exact) mass is 355 g/mol. The summed E-state index contributed by atoms with van der Waals surface area (Å²) in [7, 11) is 2.11. The highest BCUT2D eigenvalue weighted by Crippen LogP contribution is 2.46. The van der Waals surface area contributed by atoms with Crippen LogP contribution >= 0.6 is 0 Å². The lowest BCUT2D eigenvalue weighted by atomic mass is 9.80. The van der Waals surface area contributed by atoms with Gasteiger partial charge in [0.15, 0.2) is 5.58 Å². The molecule has 3 aromatic carbocycles. The third-order valence-corrected chi connectivity index (χ3v) is 6.37. The summed E-state index contributed by atoms with van der Waals surface area (Å²) >= 11 is 0. The fourth-order valence-electron chi connectivity index (χ4n) is 4.76. The maximum atomic E-state index is 6.59. The van der Waals surface area contributed by atoms with Crippen LogP contribution in [0.1, 0.15) is 38.2 Å². The van der Waals surface area contributed by atoms with Gasteiger partial charge in [0.05, 0.1) is 5.69 Å². The molecule has 1 aromatic heterocycles. The molecule has 1 heterocycles. The molecule has 1 saturated carbocycles. The largest absolute Gasteiger partial charge is 0.454 e.